The number of nitro benzene ring substituents is 1. The molecule has 0 heterocycles. The van der Waals surface area contributed by atoms with Crippen LogP contribution in [0.4, 0.5) is 11.4 Å². The molecular formula is C13H16N2O5S. The summed E-state index contributed by atoms with van der Waals surface area (Å²) in [5.41, 5.74) is 0.421. The fourth-order valence-corrected chi connectivity index (χ4v) is 2.48. The molecule has 1 aromatic rings. The van der Waals surface area contributed by atoms with E-state index in [9.17, 15) is 19.7 Å². The quantitative estimate of drug-likeness (QED) is 0.359. The predicted octanol–water partition coefficient (Wildman–Crippen LogP) is 2.60. The van der Waals surface area contributed by atoms with Crippen molar-refractivity contribution in [1.29, 1.82) is 0 Å². The Bertz CT molecular complexity index is 547. The molecule has 0 aliphatic heterocycles. The van der Waals surface area contributed by atoms with E-state index in [4.69, 9.17) is 4.74 Å². The first-order valence-electron chi connectivity index (χ1n) is 6.28. The molecule has 1 aromatic carbocycles. The van der Waals surface area contributed by atoms with Crippen molar-refractivity contribution in [3.63, 3.8) is 0 Å². The number of hydrogen-bond donors (Lipinski definition) is 1. The maximum absolute atomic E-state index is 11.3. The minimum absolute atomic E-state index is 0.0669. The van der Waals surface area contributed by atoms with Crippen LogP contribution in [0.5, 0.6) is 0 Å². The van der Waals surface area contributed by atoms with Gasteiger partial charge in [-0.25, -0.2) is 0 Å². The smallest absolute Gasteiger partial charge is 0.306 e. The highest BCUT2D eigenvalue weighted by atomic mass is 32.2. The van der Waals surface area contributed by atoms with Gasteiger partial charge in [0, 0.05) is 29.7 Å². The largest absolute Gasteiger partial charge is 0.466 e. The number of hydrogen-bond acceptors (Lipinski definition) is 6. The lowest BCUT2D eigenvalue weighted by Crippen LogP contribution is -2.08. The zero-order chi connectivity index (χ0) is 15.8. The Labute approximate surface area is 126 Å². The van der Waals surface area contributed by atoms with Crippen molar-refractivity contribution < 1.29 is 19.2 Å². The van der Waals surface area contributed by atoms with Gasteiger partial charge in [0.25, 0.3) is 5.69 Å². The fourth-order valence-electron chi connectivity index (χ4n) is 1.51. The normalized spacial score (nSPS) is 10.0. The van der Waals surface area contributed by atoms with Crippen molar-refractivity contribution in [1.82, 2.24) is 0 Å². The highest BCUT2D eigenvalue weighted by Crippen LogP contribution is 2.31. The second-order valence-electron chi connectivity index (χ2n) is 4.02. The summed E-state index contributed by atoms with van der Waals surface area (Å²) in [7, 11) is 0. The van der Waals surface area contributed by atoms with Crippen LogP contribution in [-0.4, -0.2) is 29.2 Å². The molecule has 7 nitrogen and oxygen atoms in total. The number of nitrogens with zero attached hydrogens (tertiary/aromatic N) is 1. The molecule has 1 rings (SSSR count). The summed E-state index contributed by atoms with van der Waals surface area (Å²) in [4.78, 5) is 33.2. The summed E-state index contributed by atoms with van der Waals surface area (Å²) in [6.45, 7) is 3.40. The monoisotopic (exact) mass is 312 g/mol. The zero-order valence-electron chi connectivity index (χ0n) is 11.8. The Balaban J connectivity index is 2.80. The van der Waals surface area contributed by atoms with Crippen LogP contribution >= 0.6 is 11.8 Å². The second-order valence-corrected chi connectivity index (χ2v) is 5.16. The molecule has 21 heavy (non-hydrogen) atoms. The van der Waals surface area contributed by atoms with E-state index in [1.54, 1.807) is 6.92 Å². The van der Waals surface area contributed by atoms with Gasteiger partial charge in [-0.15, -0.1) is 11.8 Å². The Morgan fingerprint density at radius 1 is 1.43 bits per heavy atom. The van der Waals surface area contributed by atoms with Crippen LogP contribution < -0.4 is 5.32 Å². The molecule has 0 aromatic heterocycles. The molecule has 0 atom stereocenters. The molecule has 0 radical (unpaired) electrons. The summed E-state index contributed by atoms with van der Waals surface area (Å²) in [6.07, 6.45) is 0.195. The Hall–Kier alpha value is -2.09. The van der Waals surface area contributed by atoms with E-state index in [0.29, 0.717) is 22.9 Å². The third-order valence-electron chi connectivity index (χ3n) is 2.36. The molecular weight excluding hydrogens is 296 g/mol. The van der Waals surface area contributed by atoms with E-state index in [1.807, 2.05) is 0 Å². The van der Waals surface area contributed by atoms with E-state index in [0.717, 1.165) is 0 Å². The van der Waals surface area contributed by atoms with Crippen LogP contribution in [0.15, 0.2) is 23.1 Å². The molecule has 0 aliphatic rings. The maximum atomic E-state index is 11.3. The number of carbonyl (C=O) groups excluding carboxylic acids is 2. The summed E-state index contributed by atoms with van der Waals surface area (Å²) in [6, 6.07) is 4.17. The predicted molar refractivity (Wildman–Crippen MR) is 79.4 cm³/mol. The van der Waals surface area contributed by atoms with Gasteiger partial charge >= 0.3 is 5.97 Å². The van der Waals surface area contributed by atoms with Gasteiger partial charge < -0.3 is 10.1 Å². The third kappa shape index (κ3) is 5.82. The lowest BCUT2D eigenvalue weighted by atomic mass is 10.3. The Kier molecular flexibility index (Phi) is 6.67. The number of nitrogens with one attached hydrogen (secondary N) is 1. The molecule has 0 spiro atoms. The van der Waals surface area contributed by atoms with Gasteiger partial charge in [-0.3, -0.25) is 19.7 Å². The summed E-state index contributed by atoms with van der Waals surface area (Å²) < 4.78 is 4.81. The van der Waals surface area contributed by atoms with Crippen molar-refractivity contribution in [3.8, 4) is 0 Å². The van der Waals surface area contributed by atoms with Gasteiger partial charge in [-0.2, -0.15) is 0 Å². The lowest BCUT2D eigenvalue weighted by Gasteiger charge is -2.09. The number of ether oxygens (including phenoxy) is 1. The van der Waals surface area contributed by atoms with Crippen molar-refractivity contribution in [2.45, 2.75) is 25.2 Å². The van der Waals surface area contributed by atoms with Gasteiger partial charge in [-0.05, 0) is 13.0 Å². The zero-order valence-corrected chi connectivity index (χ0v) is 12.6. The third-order valence-corrected chi connectivity index (χ3v) is 3.41. The lowest BCUT2D eigenvalue weighted by molar-refractivity contribution is -0.385. The highest BCUT2D eigenvalue weighted by Gasteiger charge is 2.13. The number of thioether (sulfide) groups is 1. The van der Waals surface area contributed by atoms with Crippen LogP contribution in [0.3, 0.4) is 0 Å². The van der Waals surface area contributed by atoms with Gasteiger partial charge in [0.2, 0.25) is 5.91 Å². The first-order valence-corrected chi connectivity index (χ1v) is 7.27. The average Bonchev–Trinajstić information content (AvgIpc) is 2.40. The van der Waals surface area contributed by atoms with Crippen LogP contribution in [0.1, 0.15) is 20.3 Å². The fraction of sp³-hybridized carbons (Fsp3) is 0.385. The molecule has 0 aliphatic carbocycles. The number of rotatable bonds is 7. The van der Waals surface area contributed by atoms with Crippen LogP contribution in [0.2, 0.25) is 0 Å². The molecule has 8 heteroatoms. The molecule has 114 valence electrons. The van der Waals surface area contributed by atoms with Gasteiger partial charge in [0.1, 0.15) is 0 Å². The SMILES string of the molecule is CCOC(=O)CCSc1cc([N+](=O)[O-])ccc1NC(C)=O. The second kappa shape index (κ2) is 8.25. The van der Waals surface area contributed by atoms with Crippen molar-refractivity contribution in [2.75, 3.05) is 17.7 Å². The van der Waals surface area contributed by atoms with E-state index >= 15 is 0 Å². The Morgan fingerprint density at radius 3 is 2.71 bits per heavy atom. The van der Waals surface area contributed by atoms with Crippen LogP contribution in [0, 0.1) is 10.1 Å². The molecule has 1 N–H and O–H groups in total. The van der Waals surface area contributed by atoms with Gasteiger partial charge in [-0.1, -0.05) is 0 Å². The minimum atomic E-state index is -0.507. The number of amides is 1. The molecule has 0 bridgehead atoms. The summed E-state index contributed by atoms with van der Waals surface area (Å²) in [5, 5.41) is 13.4. The summed E-state index contributed by atoms with van der Waals surface area (Å²) >= 11 is 1.25. The first-order chi connectivity index (χ1) is 9.93. The molecule has 0 saturated carbocycles. The van der Waals surface area contributed by atoms with Gasteiger partial charge in [0.05, 0.1) is 23.6 Å². The van der Waals surface area contributed by atoms with Crippen LogP contribution in [0.25, 0.3) is 0 Å². The number of nitro groups is 1. The molecule has 0 fully saturated rings. The first kappa shape index (κ1) is 17.0. The minimum Gasteiger partial charge on any atom is -0.466 e. The number of non-ortho nitro benzene ring substituents is 1. The van der Waals surface area contributed by atoms with E-state index in [2.05, 4.69) is 5.32 Å². The van der Waals surface area contributed by atoms with Crippen molar-refractivity contribution >= 4 is 35.0 Å². The van der Waals surface area contributed by atoms with Crippen LogP contribution in [-0.2, 0) is 14.3 Å². The van der Waals surface area contributed by atoms with E-state index in [1.165, 1.54) is 36.9 Å². The molecule has 1 amide bonds. The van der Waals surface area contributed by atoms with Crippen molar-refractivity contribution in [2.24, 2.45) is 0 Å². The molecule has 0 unspecified atom stereocenters. The number of esters is 1. The number of carbonyl (C=O) groups is 2. The van der Waals surface area contributed by atoms with Gasteiger partial charge in [0.15, 0.2) is 0 Å². The van der Waals surface area contributed by atoms with Crippen molar-refractivity contribution in [3.05, 3.63) is 28.3 Å². The number of anilines is 1. The number of benzene rings is 1. The Morgan fingerprint density at radius 2 is 2.14 bits per heavy atom. The summed E-state index contributed by atoms with van der Waals surface area (Å²) in [5.74, 6) is -0.181. The van der Waals surface area contributed by atoms with E-state index in [-0.39, 0.29) is 24.0 Å². The maximum Gasteiger partial charge on any atom is 0.306 e. The molecule has 0 saturated heterocycles. The average molecular weight is 312 g/mol. The topological polar surface area (TPSA) is 98.5 Å². The van der Waals surface area contributed by atoms with E-state index < -0.39 is 4.92 Å². The standard InChI is InChI=1S/C13H16N2O5S/c1-3-20-13(17)6-7-21-12-8-10(15(18)19)4-5-11(12)14-9(2)16/h4-5,8H,3,6-7H2,1-2H3,(H,14,16). The highest BCUT2D eigenvalue weighted by molar-refractivity contribution is 7.99.